The van der Waals surface area contributed by atoms with Crippen LogP contribution in [0.3, 0.4) is 0 Å². The monoisotopic (exact) mass is 461 g/mol. The Morgan fingerprint density at radius 3 is 2.50 bits per heavy atom. The number of carbonyl (C=O) groups excluding carboxylic acids is 2. The van der Waals surface area contributed by atoms with Gasteiger partial charge >= 0.3 is 0 Å². The van der Waals surface area contributed by atoms with Crippen LogP contribution in [-0.4, -0.2) is 34.8 Å². The van der Waals surface area contributed by atoms with Crippen molar-refractivity contribution in [2.24, 2.45) is 5.92 Å². The number of hydrogen-bond donors (Lipinski definition) is 1. The predicted molar refractivity (Wildman–Crippen MR) is 127 cm³/mol. The highest BCUT2D eigenvalue weighted by molar-refractivity contribution is 5.80. The maximum Gasteiger partial charge on any atom is 0.223 e. The second-order valence-corrected chi connectivity index (χ2v) is 8.42. The fraction of sp³-hybridized carbons (Fsp3) is 0.296. The zero-order chi connectivity index (χ0) is 23.8. The van der Waals surface area contributed by atoms with E-state index in [1.165, 1.54) is 12.1 Å². The molecule has 176 valence electrons. The van der Waals surface area contributed by atoms with Crippen LogP contribution in [-0.2, 0) is 22.6 Å². The third kappa shape index (κ3) is 6.63. The number of rotatable bonds is 8. The molecule has 1 aliphatic rings. The molecule has 0 atom stereocenters. The van der Waals surface area contributed by atoms with Crippen LogP contribution in [0.1, 0.15) is 30.4 Å². The van der Waals surface area contributed by atoms with E-state index in [0.717, 1.165) is 17.5 Å². The van der Waals surface area contributed by atoms with Gasteiger partial charge in [-0.15, -0.1) is 0 Å². The molecule has 3 aromatic rings. The first-order chi connectivity index (χ1) is 16.6. The van der Waals surface area contributed by atoms with E-state index in [1.807, 2.05) is 41.3 Å². The molecule has 7 heteroatoms. The Bertz CT molecular complexity index is 1100. The fourth-order valence-electron chi connectivity index (χ4n) is 4.01. The van der Waals surface area contributed by atoms with Gasteiger partial charge in [-0.05, 0) is 42.5 Å². The molecule has 0 radical (unpaired) electrons. The zero-order valence-electron chi connectivity index (χ0n) is 19.0. The number of pyridine rings is 1. The predicted octanol–water partition coefficient (Wildman–Crippen LogP) is 4.50. The van der Waals surface area contributed by atoms with Gasteiger partial charge in [0.05, 0.1) is 0 Å². The van der Waals surface area contributed by atoms with Gasteiger partial charge in [0, 0.05) is 50.3 Å². The van der Waals surface area contributed by atoms with Crippen LogP contribution in [0.4, 0.5) is 4.39 Å². The summed E-state index contributed by atoms with van der Waals surface area (Å²) in [6.45, 7) is 1.58. The molecule has 6 nitrogen and oxygen atoms in total. The number of likely N-dealkylation sites (tertiary alicyclic amines) is 1. The first kappa shape index (κ1) is 23.4. The maximum absolute atomic E-state index is 13.3. The summed E-state index contributed by atoms with van der Waals surface area (Å²) in [6, 6.07) is 19.4. The zero-order valence-corrected chi connectivity index (χ0v) is 19.0. The van der Waals surface area contributed by atoms with Crippen LogP contribution in [0.2, 0.25) is 0 Å². The number of nitrogens with one attached hydrogen (secondary N) is 1. The van der Waals surface area contributed by atoms with E-state index in [2.05, 4.69) is 10.3 Å². The van der Waals surface area contributed by atoms with Gasteiger partial charge in [-0.2, -0.15) is 0 Å². The summed E-state index contributed by atoms with van der Waals surface area (Å²) in [5.74, 6) is 0.398. The molecule has 1 saturated heterocycles. The summed E-state index contributed by atoms with van der Waals surface area (Å²) >= 11 is 0. The van der Waals surface area contributed by atoms with E-state index in [4.69, 9.17) is 4.74 Å². The molecule has 0 spiro atoms. The molecular formula is C27H28FN3O3. The average Bonchev–Trinajstić information content (AvgIpc) is 2.87. The van der Waals surface area contributed by atoms with Gasteiger partial charge in [0.15, 0.2) is 0 Å². The minimum absolute atomic E-state index is 0.00327. The molecule has 1 aliphatic heterocycles. The van der Waals surface area contributed by atoms with E-state index in [0.29, 0.717) is 50.5 Å². The molecule has 1 aromatic heterocycles. The van der Waals surface area contributed by atoms with Crippen molar-refractivity contribution in [1.29, 1.82) is 0 Å². The topological polar surface area (TPSA) is 71.5 Å². The minimum atomic E-state index is -0.376. The van der Waals surface area contributed by atoms with Crippen molar-refractivity contribution in [3.8, 4) is 11.6 Å². The number of aryl methyl sites for hydroxylation is 1. The molecule has 2 aromatic carbocycles. The number of hydrogen-bond acceptors (Lipinski definition) is 4. The van der Waals surface area contributed by atoms with Crippen molar-refractivity contribution in [2.45, 2.75) is 32.2 Å². The molecule has 1 N–H and O–H groups in total. The van der Waals surface area contributed by atoms with Crippen LogP contribution in [0.5, 0.6) is 11.6 Å². The van der Waals surface area contributed by atoms with Crippen LogP contribution in [0, 0.1) is 11.7 Å². The van der Waals surface area contributed by atoms with Gasteiger partial charge in [-0.3, -0.25) is 9.59 Å². The third-order valence-electron chi connectivity index (χ3n) is 5.97. The van der Waals surface area contributed by atoms with Crippen LogP contribution in [0.15, 0.2) is 72.9 Å². The molecule has 1 fully saturated rings. The fourth-order valence-corrected chi connectivity index (χ4v) is 4.01. The lowest BCUT2D eigenvalue weighted by molar-refractivity contribution is -0.135. The normalized spacial score (nSPS) is 14.0. The highest BCUT2D eigenvalue weighted by Gasteiger charge is 2.27. The highest BCUT2D eigenvalue weighted by Crippen LogP contribution is 2.21. The number of halogens is 1. The Hall–Kier alpha value is -3.74. The van der Waals surface area contributed by atoms with E-state index in [-0.39, 0.29) is 23.5 Å². The van der Waals surface area contributed by atoms with Crippen molar-refractivity contribution in [3.63, 3.8) is 0 Å². The number of ether oxygens (including phenoxy) is 1. The largest absolute Gasteiger partial charge is 0.439 e. The van der Waals surface area contributed by atoms with Crippen molar-refractivity contribution >= 4 is 11.8 Å². The quantitative estimate of drug-likeness (QED) is 0.536. The molecule has 34 heavy (non-hydrogen) atoms. The van der Waals surface area contributed by atoms with E-state index < -0.39 is 0 Å². The van der Waals surface area contributed by atoms with Crippen molar-refractivity contribution in [2.75, 3.05) is 13.1 Å². The lowest BCUT2D eigenvalue weighted by atomic mass is 9.95. The summed E-state index contributed by atoms with van der Waals surface area (Å²) in [4.78, 5) is 31.2. The molecule has 0 saturated carbocycles. The summed E-state index contributed by atoms with van der Waals surface area (Å²) in [6.07, 6.45) is 4.19. The molecule has 0 aliphatic carbocycles. The Kier molecular flexibility index (Phi) is 7.86. The smallest absolute Gasteiger partial charge is 0.223 e. The molecule has 0 bridgehead atoms. The van der Waals surface area contributed by atoms with E-state index in [1.54, 1.807) is 24.4 Å². The summed E-state index contributed by atoms with van der Waals surface area (Å²) in [5.41, 5.74) is 2.00. The van der Waals surface area contributed by atoms with Crippen LogP contribution < -0.4 is 10.1 Å². The number of benzene rings is 2. The van der Waals surface area contributed by atoms with Crippen molar-refractivity contribution in [1.82, 2.24) is 15.2 Å². The molecular weight excluding hydrogens is 433 g/mol. The second kappa shape index (κ2) is 11.4. The average molecular weight is 462 g/mol. The Morgan fingerprint density at radius 1 is 1.00 bits per heavy atom. The van der Waals surface area contributed by atoms with Gasteiger partial charge in [0.2, 0.25) is 17.7 Å². The van der Waals surface area contributed by atoms with Gasteiger partial charge in [-0.1, -0.05) is 42.5 Å². The lowest BCUT2D eigenvalue weighted by Gasteiger charge is -2.31. The lowest BCUT2D eigenvalue weighted by Crippen LogP contribution is -2.43. The first-order valence-corrected chi connectivity index (χ1v) is 11.5. The SMILES string of the molecule is O=C(NCc1ccc(Oc2cccc(F)c2)nc1)C1CCN(C(=O)CCc2ccccc2)CC1. The molecule has 2 amide bonds. The summed E-state index contributed by atoms with van der Waals surface area (Å²) < 4.78 is 18.8. The molecule has 2 heterocycles. The van der Waals surface area contributed by atoms with Gasteiger partial charge in [0.1, 0.15) is 11.6 Å². The second-order valence-electron chi connectivity index (χ2n) is 8.42. The number of piperidine rings is 1. The number of aromatic nitrogens is 1. The van der Waals surface area contributed by atoms with Crippen molar-refractivity contribution in [3.05, 3.63) is 89.9 Å². The Morgan fingerprint density at radius 2 is 1.79 bits per heavy atom. The Balaban J connectivity index is 1.18. The van der Waals surface area contributed by atoms with E-state index >= 15 is 0 Å². The summed E-state index contributed by atoms with van der Waals surface area (Å²) in [5, 5.41) is 2.96. The summed E-state index contributed by atoms with van der Waals surface area (Å²) in [7, 11) is 0. The highest BCUT2D eigenvalue weighted by atomic mass is 19.1. The van der Waals surface area contributed by atoms with E-state index in [9.17, 15) is 14.0 Å². The first-order valence-electron chi connectivity index (χ1n) is 11.5. The van der Waals surface area contributed by atoms with Gasteiger partial charge < -0.3 is 15.0 Å². The minimum Gasteiger partial charge on any atom is -0.439 e. The Labute approximate surface area is 198 Å². The van der Waals surface area contributed by atoms with Gasteiger partial charge in [-0.25, -0.2) is 9.37 Å². The van der Waals surface area contributed by atoms with Crippen LogP contribution in [0.25, 0.3) is 0 Å². The number of carbonyl (C=O) groups is 2. The third-order valence-corrected chi connectivity index (χ3v) is 5.97. The maximum atomic E-state index is 13.3. The van der Waals surface area contributed by atoms with Crippen LogP contribution >= 0.6 is 0 Å². The standard InChI is InChI=1S/C27H28FN3O3/c28-23-7-4-8-24(17-23)34-25-11-9-21(18-29-25)19-30-27(33)22-13-15-31(16-14-22)26(32)12-10-20-5-2-1-3-6-20/h1-9,11,17-18,22H,10,12-16,19H2,(H,30,33). The molecule has 4 rings (SSSR count). The number of nitrogens with zero attached hydrogens (tertiary/aromatic N) is 2. The number of amides is 2. The molecule has 0 unspecified atom stereocenters. The van der Waals surface area contributed by atoms with Crippen molar-refractivity contribution < 1.29 is 18.7 Å². The van der Waals surface area contributed by atoms with Gasteiger partial charge in [0.25, 0.3) is 0 Å².